The zero-order chi connectivity index (χ0) is 30.5. The van der Waals surface area contributed by atoms with Crippen LogP contribution >= 0.6 is 11.3 Å². The predicted molar refractivity (Wildman–Crippen MR) is 156 cm³/mol. The Balaban J connectivity index is 1.55. The number of aromatic nitrogens is 3. The lowest BCUT2D eigenvalue weighted by Crippen LogP contribution is -2.12. The van der Waals surface area contributed by atoms with Crippen LogP contribution in [0.25, 0.3) is 27.5 Å². The van der Waals surface area contributed by atoms with E-state index in [1.54, 1.807) is 22.9 Å². The van der Waals surface area contributed by atoms with Crippen LogP contribution in [0, 0.1) is 28.1 Å². The minimum absolute atomic E-state index is 0.135. The first kappa shape index (κ1) is 28.8. The lowest BCUT2D eigenvalue weighted by Gasteiger charge is -2.11. The zero-order valence-electron chi connectivity index (χ0n) is 22.4. The third kappa shape index (κ3) is 5.96. The fraction of sp³-hybridized carbons (Fsp3) is 0.167. The van der Waals surface area contributed by atoms with E-state index < -0.39 is 38.2 Å². The molecule has 6 rings (SSSR count). The van der Waals surface area contributed by atoms with Gasteiger partial charge in [0.2, 0.25) is 5.13 Å². The van der Waals surface area contributed by atoms with E-state index >= 15 is 4.39 Å². The first-order chi connectivity index (χ1) is 20.5. The number of hydrogen-bond donors (Lipinski definition) is 3. The van der Waals surface area contributed by atoms with Crippen molar-refractivity contribution in [2.24, 2.45) is 11.1 Å². The van der Waals surface area contributed by atoms with E-state index in [2.05, 4.69) is 4.98 Å². The summed E-state index contributed by atoms with van der Waals surface area (Å²) in [5, 5.41) is 21.4. The molecule has 220 valence electrons. The standard InChI is InChI=1S/C30H24F3N5O3S2/c31-20-3-1-2-18(13-20)21-14-19(7-8-23(21)32)28-22(10-17-6-9-27(24(33)11-17)43(34,35)41)26(12-16-4-5-16)38(37-28)30-36-25(15-42-30)29(39)40/h1-3,6-9,11,13-16H,4-5,10,12H2,(H,39,40)(H3,34,35,41). The monoisotopic (exact) mass is 623 g/mol. The molecule has 1 fully saturated rings. The van der Waals surface area contributed by atoms with Gasteiger partial charge in [-0.1, -0.05) is 18.2 Å². The van der Waals surface area contributed by atoms with Gasteiger partial charge in [-0.2, -0.15) is 5.10 Å². The highest BCUT2D eigenvalue weighted by Crippen LogP contribution is 2.39. The van der Waals surface area contributed by atoms with Gasteiger partial charge in [0.1, 0.15) is 27.4 Å². The van der Waals surface area contributed by atoms with E-state index in [-0.39, 0.29) is 17.7 Å². The second-order valence-electron chi connectivity index (χ2n) is 10.4. The Morgan fingerprint density at radius 2 is 1.86 bits per heavy atom. The van der Waals surface area contributed by atoms with Crippen molar-refractivity contribution in [2.45, 2.75) is 30.6 Å². The number of carboxylic acid groups (broad SMARTS) is 1. The Hall–Kier alpha value is -4.33. The van der Waals surface area contributed by atoms with Crippen LogP contribution in [0.2, 0.25) is 0 Å². The maximum absolute atomic E-state index is 15.0. The van der Waals surface area contributed by atoms with Crippen molar-refractivity contribution in [2.75, 3.05) is 0 Å². The maximum Gasteiger partial charge on any atom is 0.355 e. The summed E-state index contributed by atoms with van der Waals surface area (Å²) < 4.78 is 65.1. The number of aromatic carboxylic acids is 1. The minimum Gasteiger partial charge on any atom is -0.476 e. The molecule has 0 aliphatic heterocycles. The van der Waals surface area contributed by atoms with Crippen molar-refractivity contribution in [3.8, 4) is 27.5 Å². The Kier molecular flexibility index (Phi) is 7.40. The van der Waals surface area contributed by atoms with Crippen molar-refractivity contribution < 1.29 is 27.3 Å². The molecule has 8 nitrogen and oxygen atoms in total. The van der Waals surface area contributed by atoms with Gasteiger partial charge in [0.15, 0.2) is 5.69 Å². The molecule has 0 radical (unpaired) electrons. The smallest absolute Gasteiger partial charge is 0.355 e. The molecule has 1 unspecified atom stereocenters. The van der Waals surface area contributed by atoms with Gasteiger partial charge in [-0.25, -0.2) is 41.8 Å². The van der Waals surface area contributed by atoms with Crippen molar-refractivity contribution in [3.63, 3.8) is 0 Å². The Labute approximate surface area is 248 Å². The molecule has 0 saturated heterocycles. The zero-order valence-corrected chi connectivity index (χ0v) is 24.0. The number of benzene rings is 3. The van der Waals surface area contributed by atoms with Gasteiger partial charge >= 0.3 is 5.97 Å². The number of thiazole rings is 1. The molecule has 3 aromatic carbocycles. The fourth-order valence-electron chi connectivity index (χ4n) is 4.98. The van der Waals surface area contributed by atoms with Gasteiger partial charge in [-0.15, -0.1) is 11.3 Å². The van der Waals surface area contributed by atoms with Crippen LogP contribution in [0.3, 0.4) is 0 Å². The summed E-state index contributed by atoms with van der Waals surface area (Å²) in [5.41, 5.74) is 3.22. The lowest BCUT2D eigenvalue weighted by molar-refractivity contribution is 0.0691. The molecule has 1 atom stereocenters. The number of rotatable bonds is 9. The first-order valence-corrected chi connectivity index (χ1v) is 15.7. The lowest BCUT2D eigenvalue weighted by atomic mass is 9.95. The molecule has 1 aliphatic rings. The van der Waals surface area contributed by atoms with Gasteiger partial charge in [-0.3, -0.25) is 0 Å². The highest BCUT2D eigenvalue weighted by Gasteiger charge is 2.30. The number of nitrogens with zero attached hydrogens (tertiary/aromatic N) is 3. The number of nitrogens with two attached hydrogens (primary N) is 1. The number of carboxylic acids is 1. The van der Waals surface area contributed by atoms with Crippen LogP contribution in [0.5, 0.6) is 0 Å². The number of hydrogen-bond acceptors (Lipinski definition) is 6. The summed E-state index contributed by atoms with van der Waals surface area (Å²) in [7, 11) is -3.77. The van der Waals surface area contributed by atoms with Crippen LogP contribution in [0.15, 0.2) is 70.9 Å². The van der Waals surface area contributed by atoms with Crippen LogP contribution in [0.4, 0.5) is 13.2 Å². The molecule has 2 aromatic heterocycles. The highest BCUT2D eigenvalue weighted by molar-refractivity contribution is 7.90. The molecule has 43 heavy (non-hydrogen) atoms. The maximum atomic E-state index is 15.0. The summed E-state index contributed by atoms with van der Waals surface area (Å²) in [5.74, 6) is -2.77. The van der Waals surface area contributed by atoms with Crippen LogP contribution in [0.1, 0.15) is 40.2 Å². The van der Waals surface area contributed by atoms with E-state index in [0.29, 0.717) is 45.4 Å². The van der Waals surface area contributed by atoms with Gasteiger partial charge in [-0.05, 0) is 78.8 Å². The highest BCUT2D eigenvalue weighted by atomic mass is 32.2. The quantitative estimate of drug-likeness (QED) is 0.170. The van der Waals surface area contributed by atoms with E-state index in [4.69, 9.17) is 15.0 Å². The van der Waals surface area contributed by atoms with E-state index in [1.807, 2.05) is 0 Å². The molecule has 0 amide bonds. The third-order valence-electron chi connectivity index (χ3n) is 7.24. The molecule has 0 bridgehead atoms. The number of carbonyl (C=O) groups is 1. The van der Waals surface area contributed by atoms with Gasteiger partial charge in [0, 0.05) is 28.5 Å². The van der Waals surface area contributed by atoms with Crippen LogP contribution in [-0.2, 0) is 22.8 Å². The van der Waals surface area contributed by atoms with E-state index in [9.17, 15) is 22.9 Å². The summed E-state index contributed by atoms with van der Waals surface area (Å²) in [6.45, 7) is 0. The van der Waals surface area contributed by atoms with Crippen molar-refractivity contribution in [3.05, 3.63) is 106 Å². The molecular formula is C30H24F3N5O3S2. The Bertz CT molecular complexity index is 2000. The van der Waals surface area contributed by atoms with Gasteiger partial charge < -0.3 is 5.11 Å². The number of halogens is 3. The molecule has 4 N–H and O–H groups in total. The summed E-state index contributed by atoms with van der Waals surface area (Å²) in [4.78, 5) is 15.4. The van der Waals surface area contributed by atoms with Crippen LogP contribution < -0.4 is 5.14 Å². The summed E-state index contributed by atoms with van der Waals surface area (Å²) in [6.07, 6.45) is 2.74. The molecular weight excluding hydrogens is 599 g/mol. The molecule has 13 heteroatoms. The molecule has 1 aliphatic carbocycles. The van der Waals surface area contributed by atoms with Gasteiger partial charge in [0.05, 0.1) is 16.3 Å². The predicted octanol–water partition coefficient (Wildman–Crippen LogP) is 6.60. The molecule has 2 heterocycles. The van der Waals surface area contributed by atoms with Crippen LogP contribution in [-0.4, -0.2) is 30.0 Å². The molecule has 5 aromatic rings. The van der Waals surface area contributed by atoms with Crippen molar-refractivity contribution in [1.82, 2.24) is 14.8 Å². The molecule has 1 saturated carbocycles. The first-order valence-electron chi connectivity index (χ1n) is 13.2. The topological polar surface area (TPSA) is 135 Å². The number of nitrogens with one attached hydrogen (secondary N) is 1. The summed E-state index contributed by atoms with van der Waals surface area (Å²) in [6, 6.07) is 13.9. The Morgan fingerprint density at radius 1 is 1.07 bits per heavy atom. The van der Waals surface area contributed by atoms with E-state index in [0.717, 1.165) is 29.9 Å². The largest absolute Gasteiger partial charge is 0.476 e. The fourth-order valence-corrected chi connectivity index (χ4v) is 6.37. The van der Waals surface area contributed by atoms with Gasteiger partial charge in [0.25, 0.3) is 0 Å². The second kappa shape index (κ2) is 11.1. The Morgan fingerprint density at radius 3 is 2.51 bits per heavy atom. The summed E-state index contributed by atoms with van der Waals surface area (Å²) >= 11 is 1.11. The van der Waals surface area contributed by atoms with E-state index in [1.165, 1.54) is 47.8 Å². The third-order valence-corrected chi connectivity index (χ3v) is 9.04. The SMILES string of the molecule is N=S(N)(=O)c1ccc(Cc2c(-c3ccc(F)c(-c4cccc(F)c4)c3)nn(-c3nc(C(=O)O)cs3)c2CC2CC2)cc1F. The van der Waals surface area contributed by atoms with Crippen molar-refractivity contribution >= 4 is 27.2 Å². The second-order valence-corrected chi connectivity index (χ2v) is 12.9. The molecule has 0 spiro atoms. The average Bonchev–Trinajstić information content (AvgIpc) is 3.50. The normalized spacial score (nSPS) is 14.5. The average molecular weight is 624 g/mol. The minimum atomic E-state index is -3.77. The van der Waals surface area contributed by atoms with Crippen molar-refractivity contribution in [1.29, 1.82) is 4.78 Å².